The zero-order chi connectivity index (χ0) is 23.4. The van der Waals surface area contributed by atoms with Gasteiger partial charge >= 0.3 is 5.97 Å². The molecule has 32 heavy (non-hydrogen) atoms. The summed E-state index contributed by atoms with van der Waals surface area (Å²) in [6.07, 6.45) is 19.7. The van der Waals surface area contributed by atoms with Gasteiger partial charge in [0.05, 0.1) is 0 Å². The standard InChI is InChI=1S/C28H44O4/c1-3-4-5-12-15-26(16-13-10-8-6-7-9-11-14-17-28(30)31)32-27-22-20-25(21-23-27)19-18-24(2)29/h10,13,20-23,26H,3-9,11-12,14-19H2,1-2H3,(H,30,31)/b13-10-/t26-/m0/s1. The average Bonchev–Trinajstić information content (AvgIpc) is 2.77. The van der Waals surface area contributed by atoms with Gasteiger partial charge in [0, 0.05) is 19.3 Å². The van der Waals surface area contributed by atoms with Crippen LogP contribution in [0.3, 0.4) is 0 Å². The molecule has 1 atom stereocenters. The largest absolute Gasteiger partial charge is 0.490 e. The Kier molecular flexibility index (Phi) is 16.1. The Morgan fingerprint density at radius 3 is 2.28 bits per heavy atom. The van der Waals surface area contributed by atoms with E-state index in [4.69, 9.17) is 9.84 Å². The van der Waals surface area contributed by atoms with Gasteiger partial charge in [-0.15, -0.1) is 0 Å². The number of aryl methyl sites for hydroxylation is 1. The monoisotopic (exact) mass is 444 g/mol. The number of aliphatic carboxylic acids is 1. The molecular formula is C28H44O4. The SMILES string of the molecule is CCCCCC[C@@H](C/C=C\CCCCCCCC(=O)O)Oc1ccc(CCC(C)=O)cc1. The molecule has 1 aromatic carbocycles. The molecule has 180 valence electrons. The number of carbonyl (C=O) groups excluding carboxylic acids is 1. The highest BCUT2D eigenvalue weighted by molar-refractivity contribution is 5.75. The number of allylic oxidation sites excluding steroid dienone is 1. The van der Waals surface area contributed by atoms with Crippen molar-refractivity contribution in [3.05, 3.63) is 42.0 Å². The predicted octanol–water partition coefficient (Wildman–Crippen LogP) is 7.69. The van der Waals surface area contributed by atoms with E-state index < -0.39 is 5.97 Å². The average molecular weight is 445 g/mol. The van der Waals surface area contributed by atoms with Crippen molar-refractivity contribution < 1.29 is 19.4 Å². The highest BCUT2D eigenvalue weighted by atomic mass is 16.5. The van der Waals surface area contributed by atoms with E-state index in [0.717, 1.165) is 63.5 Å². The van der Waals surface area contributed by atoms with Gasteiger partial charge in [0.2, 0.25) is 0 Å². The third-order valence-electron chi connectivity index (χ3n) is 5.70. The van der Waals surface area contributed by atoms with E-state index >= 15 is 0 Å². The van der Waals surface area contributed by atoms with Crippen molar-refractivity contribution in [3.63, 3.8) is 0 Å². The minimum absolute atomic E-state index is 0.196. The first-order valence-electron chi connectivity index (χ1n) is 12.6. The van der Waals surface area contributed by atoms with E-state index in [1.165, 1.54) is 31.2 Å². The number of carboxylic acids is 1. The number of ether oxygens (including phenoxy) is 1. The topological polar surface area (TPSA) is 63.6 Å². The van der Waals surface area contributed by atoms with Gasteiger partial charge in [0.1, 0.15) is 17.6 Å². The molecule has 0 spiro atoms. The summed E-state index contributed by atoms with van der Waals surface area (Å²) in [4.78, 5) is 21.7. The van der Waals surface area contributed by atoms with Crippen molar-refractivity contribution in [2.45, 2.75) is 116 Å². The molecule has 0 heterocycles. The molecule has 0 aliphatic heterocycles. The summed E-state index contributed by atoms with van der Waals surface area (Å²) in [7, 11) is 0. The summed E-state index contributed by atoms with van der Waals surface area (Å²) in [6.45, 7) is 3.87. The lowest BCUT2D eigenvalue weighted by Gasteiger charge is -2.18. The van der Waals surface area contributed by atoms with Gasteiger partial charge in [-0.1, -0.05) is 69.7 Å². The molecule has 1 aromatic rings. The van der Waals surface area contributed by atoms with Crippen LogP contribution < -0.4 is 4.74 Å². The van der Waals surface area contributed by atoms with E-state index in [9.17, 15) is 9.59 Å². The highest BCUT2D eigenvalue weighted by Gasteiger charge is 2.09. The Morgan fingerprint density at radius 2 is 1.59 bits per heavy atom. The van der Waals surface area contributed by atoms with Crippen LogP contribution in [0.4, 0.5) is 0 Å². The minimum atomic E-state index is -0.691. The number of hydrogen-bond donors (Lipinski definition) is 1. The van der Waals surface area contributed by atoms with Crippen LogP contribution in [0.2, 0.25) is 0 Å². The van der Waals surface area contributed by atoms with E-state index in [1.807, 2.05) is 12.1 Å². The second kappa shape index (κ2) is 18.5. The third kappa shape index (κ3) is 15.7. The molecule has 0 radical (unpaired) electrons. The van der Waals surface area contributed by atoms with Crippen molar-refractivity contribution >= 4 is 11.8 Å². The lowest BCUT2D eigenvalue weighted by atomic mass is 10.1. The van der Waals surface area contributed by atoms with Crippen molar-refractivity contribution in [2.75, 3.05) is 0 Å². The minimum Gasteiger partial charge on any atom is -0.490 e. The fourth-order valence-electron chi connectivity index (χ4n) is 3.71. The van der Waals surface area contributed by atoms with Crippen LogP contribution in [-0.2, 0) is 16.0 Å². The van der Waals surface area contributed by atoms with E-state index in [-0.39, 0.29) is 11.9 Å². The molecule has 0 saturated heterocycles. The van der Waals surface area contributed by atoms with Crippen LogP contribution >= 0.6 is 0 Å². The molecule has 1 N–H and O–H groups in total. The first-order valence-corrected chi connectivity index (χ1v) is 12.6. The van der Waals surface area contributed by atoms with Gasteiger partial charge in [-0.2, -0.15) is 0 Å². The fourth-order valence-corrected chi connectivity index (χ4v) is 3.71. The first-order chi connectivity index (χ1) is 15.5. The van der Waals surface area contributed by atoms with E-state index in [1.54, 1.807) is 6.92 Å². The number of Topliss-reactive ketones (excluding diaryl/α,β-unsaturated/α-hetero) is 1. The maximum absolute atomic E-state index is 11.2. The van der Waals surface area contributed by atoms with E-state index in [0.29, 0.717) is 12.8 Å². The van der Waals surface area contributed by atoms with Crippen molar-refractivity contribution in [3.8, 4) is 5.75 Å². The summed E-state index contributed by atoms with van der Waals surface area (Å²) in [6, 6.07) is 8.20. The van der Waals surface area contributed by atoms with Crippen LogP contribution in [-0.4, -0.2) is 23.0 Å². The van der Waals surface area contributed by atoms with E-state index in [2.05, 4.69) is 31.2 Å². The van der Waals surface area contributed by atoms with Crippen molar-refractivity contribution in [2.24, 2.45) is 0 Å². The van der Waals surface area contributed by atoms with Gasteiger partial charge in [0.15, 0.2) is 0 Å². The molecule has 0 aliphatic carbocycles. The fraction of sp³-hybridized carbons (Fsp3) is 0.643. The maximum atomic E-state index is 11.2. The van der Waals surface area contributed by atoms with Gasteiger partial charge in [0.25, 0.3) is 0 Å². The quantitative estimate of drug-likeness (QED) is 0.165. The number of hydrogen-bond acceptors (Lipinski definition) is 3. The summed E-state index contributed by atoms with van der Waals surface area (Å²) >= 11 is 0. The number of carbonyl (C=O) groups is 2. The molecule has 4 heteroatoms. The molecule has 0 aromatic heterocycles. The Morgan fingerprint density at radius 1 is 0.906 bits per heavy atom. The smallest absolute Gasteiger partial charge is 0.303 e. The molecule has 0 amide bonds. The number of carboxylic acid groups (broad SMARTS) is 1. The van der Waals surface area contributed by atoms with Crippen LogP contribution in [0, 0.1) is 0 Å². The Bertz CT molecular complexity index is 648. The van der Waals surface area contributed by atoms with Crippen LogP contribution in [0.5, 0.6) is 5.75 Å². The molecule has 0 saturated carbocycles. The summed E-state index contributed by atoms with van der Waals surface area (Å²) in [5, 5.41) is 8.65. The van der Waals surface area contributed by atoms with Gasteiger partial charge in [-0.25, -0.2) is 0 Å². The predicted molar refractivity (Wildman–Crippen MR) is 132 cm³/mol. The highest BCUT2D eigenvalue weighted by Crippen LogP contribution is 2.20. The number of rotatable bonds is 20. The zero-order valence-corrected chi connectivity index (χ0v) is 20.3. The van der Waals surface area contributed by atoms with Gasteiger partial charge in [-0.3, -0.25) is 4.79 Å². The summed E-state index contributed by atoms with van der Waals surface area (Å²) in [5.41, 5.74) is 1.18. The number of ketones is 1. The lowest BCUT2D eigenvalue weighted by Crippen LogP contribution is -2.15. The van der Waals surface area contributed by atoms with Crippen LogP contribution in [0.1, 0.15) is 109 Å². The number of unbranched alkanes of at least 4 members (excludes halogenated alkanes) is 8. The Hall–Kier alpha value is -2.10. The second-order valence-electron chi connectivity index (χ2n) is 8.84. The molecule has 0 bridgehead atoms. The Labute approximate surface area is 195 Å². The van der Waals surface area contributed by atoms with Crippen LogP contribution in [0.25, 0.3) is 0 Å². The molecule has 4 nitrogen and oxygen atoms in total. The first kappa shape index (κ1) is 27.9. The third-order valence-corrected chi connectivity index (χ3v) is 5.70. The van der Waals surface area contributed by atoms with Crippen molar-refractivity contribution in [1.82, 2.24) is 0 Å². The number of benzene rings is 1. The Balaban J connectivity index is 2.37. The molecule has 0 aliphatic rings. The van der Waals surface area contributed by atoms with Gasteiger partial charge < -0.3 is 14.6 Å². The maximum Gasteiger partial charge on any atom is 0.303 e. The molecular weight excluding hydrogens is 400 g/mol. The summed E-state index contributed by atoms with van der Waals surface area (Å²) < 4.78 is 6.30. The lowest BCUT2D eigenvalue weighted by molar-refractivity contribution is -0.137. The zero-order valence-electron chi connectivity index (χ0n) is 20.3. The molecule has 0 unspecified atom stereocenters. The van der Waals surface area contributed by atoms with Crippen molar-refractivity contribution in [1.29, 1.82) is 0 Å². The molecule has 0 fully saturated rings. The van der Waals surface area contributed by atoms with Crippen LogP contribution in [0.15, 0.2) is 36.4 Å². The molecule has 1 rings (SSSR count). The summed E-state index contributed by atoms with van der Waals surface area (Å²) in [5.74, 6) is 0.442. The van der Waals surface area contributed by atoms with Gasteiger partial charge in [-0.05, 0) is 63.1 Å². The normalized spacial score (nSPS) is 12.2. The second-order valence-corrected chi connectivity index (χ2v) is 8.84.